The fraction of sp³-hybridized carbons (Fsp3) is 0.529. The standard InChI is InChI=1S/C17H26N2O/c1-13(18)12-14-6-5-7-16-15(14)8-9-19(16)10-11-20-17(2,3)4/h5-9,13H,10-12,18H2,1-4H3. The third-order valence-corrected chi connectivity index (χ3v) is 3.31. The Morgan fingerprint density at radius 1 is 1.25 bits per heavy atom. The highest BCUT2D eigenvalue weighted by Crippen LogP contribution is 2.21. The summed E-state index contributed by atoms with van der Waals surface area (Å²) in [6, 6.07) is 8.82. The SMILES string of the molecule is CC(N)Cc1cccc2c1ccn2CCOC(C)(C)C. The molecule has 0 aliphatic carbocycles. The van der Waals surface area contributed by atoms with Gasteiger partial charge in [0, 0.05) is 29.7 Å². The van der Waals surface area contributed by atoms with E-state index in [1.807, 2.05) is 6.92 Å². The number of nitrogens with zero attached hydrogens (tertiary/aromatic N) is 1. The first-order valence-corrected chi connectivity index (χ1v) is 7.33. The van der Waals surface area contributed by atoms with Gasteiger partial charge in [-0.2, -0.15) is 0 Å². The number of nitrogens with two attached hydrogens (primary N) is 1. The van der Waals surface area contributed by atoms with Crippen molar-refractivity contribution in [1.29, 1.82) is 0 Å². The average molecular weight is 274 g/mol. The molecule has 0 aliphatic heterocycles. The van der Waals surface area contributed by atoms with Gasteiger partial charge in [-0.15, -0.1) is 0 Å². The lowest BCUT2D eigenvalue weighted by atomic mass is 10.0. The molecule has 2 aromatic rings. The highest BCUT2D eigenvalue weighted by atomic mass is 16.5. The minimum absolute atomic E-state index is 0.0803. The zero-order chi connectivity index (χ0) is 14.8. The minimum Gasteiger partial charge on any atom is -0.374 e. The Kier molecular flexibility index (Phi) is 4.51. The first-order valence-electron chi connectivity index (χ1n) is 7.33. The molecule has 0 spiro atoms. The second kappa shape index (κ2) is 5.98. The fourth-order valence-corrected chi connectivity index (χ4v) is 2.46. The zero-order valence-electron chi connectivity index (χ0n) is 13.0. The fourth-order valence-electron chi connectivity index (χ4n) is 2.46. The Bertz CT molecular complexity index is 564. The maximum atomic E-state index is 5.92. The van der Waals surface area contributed by atoms with E-state index in [9.17, 15) is 0 Å². The maximum absolute atomic E-state index is 5.92. The van der Waals surface area contributed by atoms with Gasteiger partial charge in [0.1, 0.15) is 0 Å². The van der Waals surface area contributed by atoms with Crippen LogP contribution in [0.2, 0.25) is 0 Å². The van der Waals surface area contributed by atoms with Crippen molar-refractivity contribution in [2.45, 2.75) is 52.3 Å². The molecule has 0 radical (unpaired) electrons. The number of benzene rings is 1. The van der Waals surface area contributed by atoms with Crippen LogP contribution in [0.5, 0.6) is 0 Å². The summed E-state index contributed by atoms with van der Waals surface area (Å²) in [4.78, 5) is 0. The van der Waals surface area contributed by atoms with Crippen LogP contribution >= 0.6 is 0 Å². The molecule has 1 aromatic carbocycles. The van der Waals surface area contributed by atoms with Crippen molar-refractivity contribution in [3.8, 4) is 0 Å². The summed E-state index contributed by atoms with van der Waals surface area (Å²) in [6.45, 7) is 9.91. The van der Waals surface area contributed by atoms with Gasteiger partial charge in [-0.1, -0.05) is 12.1 Å². The summed E-state index contributed by atoms with van der Waals surface area (Å²) in [5.41, 5.74) is 8.43. The molecular weight excluding hydrogens is 248 g/mol. The smallest absolute Gasteiger partial charge is 0.0652 e. The predicted molar refractivity (Wildman–Crippen MR) is 85.0 cm³/mol. The number of hydrogen-bond acceptors (Lipinski definition) is 2. The minimum atomic E-state index is -0.0803. The summed E-state index contributed by atoms with van der Waals surface area (Å²) >= 11 is 0. The number of rotatable bonds is 5. The molecule has 110 valence electrons. The van der Waals surface area contributed by atoms with E-state index in [0.29, 0.717) is 0 Å². The summed E-state index contributed by atoms with van der Waals surface area (Å²) in [5, 5.41) is 1.31. The summed E-state index contributed by atoms with van der Waals surface area (Å²) < 4.78 is 8.06. The first kappa shape index (κ1) is 15.1. The van der Waals surface area contributed by atoms with Crippen LogP contribution in [0.15, 0.2) is 30.5 Å². The largest absolute Gasteiger partial charge is 0.374 e. The quantitative estimate of drug-likeness (QED) is 0.908. The van der Waals surface area contributed by atoms with Crippen molar-refractivity contribution in [1.82, 2.24) is 4.57 Å². The Hall–Kier alpha value is -1.32. The van der Waals surface area contributed by atoms with Gasteiger partial charge in [-0.25, -0.2) is 0 Å². The van der Waals surface area contributed by atoms with Gasteiger partial charge in [0.2, 0.25) is 0 Å². The normalized spacial score (nSPS) is 13.8. The van der Waals surface area contributed by atoms with Crippen molar-refractivity contribution < 1.29 is 4.74 Å². The van der Waals surface area contributed by atoms with Crippen molar-refractivity contribution in [3.05, 3.63) is 36.0 Å². The molecule has 2 rings (SSSR count). The molecule has 20 heavy (non-hydrogen) atoms. The van der Waals surface area contributed by atoms with E-state index in [1.54, 1.807) is 0 Å². The molecule has 1 unspecified atom stereocenters. The first-order chi connectivity index (χ1) is 9.37. The van der Waals surface area contributed by atoms with Crippen molar-refractivity contribution >= 4 is 10.9 Å². The third kappa shape index (κ3) is 3.84. The number of aromatic nitrogens is 1. The Morgan fingerprint density at radius 3 is 2.65 bits per heavy atom. The van der Waals surface area contributed by atoms with Gasteiger partial charge in [0.05, 0.1) is 12.2 Å². The summed E-state index contributed by atoms with van der Waals surface area (Å²) in [7, 11) is 0. The van der Waals surface area contributed by atoms with Crippen molar-refractivity contribution in [2.75, 3.05) is 6.61 Å². The Labute approximate surface area is 121 Å². The average Bonchev–Trinajstić information content (AvgIpc) is 2.71. The van der Waals surface area contributed by atoms with E-state index in [-0.39, 0.29) is 11.6 Å². The van der Waals surface area contributed by atoms with Gasteiger partial charge in [-0.05, 0) is 51.8 Å². The van der Waals surface area contributed by atoms with E-state index in [4.69, 9.17) is 10.5 Å². The topological polar surface area (TPSA) is 40.2 Å². The van der Waals surface area contributed by atoms with E-state index in [2.05, 4.69) is 55.8 Å². The molecule has 3 nitrogen and oxygen atoms in total. The van der Waals surface area contributed by atoms with Crippen LogP contribution < -0.4 is 5.73 Å². The molecule has 0 saturated heterocycles. The second-order valence-corrected chi connectivity index (χ2v) is 6.50. The number of fused-ring (bicyclic) bond motifs is 1. The molecule has 2 N–H and O–H groups in total. The third-order valence-electron chi connectivity index (χ3n) is 3.31. The lowest BCUT2D eigenvalue weighted by Gasteiger charge is -2.19. The van der Waals surface area contributed by atoms with Gasteiger partial charge >= 0.3 is 0 Å². The lowest BCUT2D eigenvalue weighted by molar-refractivity contribution is -0.00644. The summed E-state index contributed by atoms with van der Waals surface area (Å²) in [6.07, 6.45) is 3.06. The Morgan fingerprint density at radius 2 is 2.00 bits per heavy atom. The van der Waals surface area contributed by atoms with Crippen LogP contribution in [-0.4, -0.2) is 22.8 Å². The lowest BCUT2D eigenvalue weighted by Crippen LogP contribution is -2.21. The monoisotopic (exact) mass is 274 g/mol. The van der Waals surface area contributed by atoms with Gasteiger partial charge in [0.25, 0.3) is 0 Å². The van der Waals surface area contributed by atoms with Crippen LogP contribution in [-0.2, 0) is 17.7 Å². The van der Waals surface area contributed by atoms with Gasteiger partial charge in [-0.3, -0.25) is 0 Å². The van der Waals surface area contributed by atoms with Gasteiger partial charge < -0.3 is 15.0 Å². The highest BCUT2D eigenvalue weighted by Gasteiger charge is 2.11. The predicted octanol–water partition coefficient (Wildman–Crippen LogP) is 3.35. The van der Waals surface area contributed by atoms with Crippen LogP contribution in [0.25, 0.3) is 10.9 Å². The molecule has 3 heteroatoms. The van der Waals surface area contributed by atoms with Crippen LogP contribution in [0.3, 0.4) is 0 Å². The molecule has 0 fully saturated rings. The Balaban J connectivity index is 2.16. The maximum Gasteiger partial charge on any atom is 0.0652 e. The molecular formula is C17H26N2O. The van der Waals surface area contributed by atoms with E-state index in [1.165, 1.54) is 16.5 Å². The van der Waals surface area contributed by atoms with Crippen molar-refractivity contribution in [3.63, 3.8) is 0 Å². The van der Waals surface area contributed by atoms with Crippen LogP contribution in [0.1, 0.15) is 33.3 Å². The molecule has 0 bridgehead atoms. The summed E-state index contributed by atoms with van der Waals surface area (Å²) in [5.74, 6) is 0. The molecule has 1 atom stereocenters. The molecule has 0 amide bonds. The van der Waals surface area contributed by atoms with E-state index in [0.717, 1.165) is 19.6 Å². The number of ether oxygens (including phenoxy) is 1. The second-order valence-electron chi connectivity index (χ2n) is 6.50. The molecule has 1 heterocycles. The molecule has 0 saturated carbocycles. The highest BCUT2D eigenvalue weighted by molar-refractivity contribution is 5.83. The van der Waals surface area contributed by atoms with E-state index >= 15 is 0 Å². The van der Waals surface area contributed by atoms with Crippen LogP contribution in [0, 0.1) is 0 Å². The molecule has 0 aliphatic rings. The zero-order valence-corrected chi connectivity index (χ0v) is 13.0. The molecule has 1 aromatic heterocycles. The number of hydrogen-bond donors (Lipinski definition) is 1. The van der Waals surface area contributed by atoms with Crippen molar-refractivity contribution in [2.24, 2.45) is 5.73 Å². The van der Waals surface area contributed by atoms with Gasteiger partial charge in [0.15, 0.2) is 0 Å². The van der Waals surface area contributed by atoms with Crippen LogP contribution in [0.4, 0.5) is 0 Å². The van der Waals surface area contributed by atoms with E-state index < -0.39 is 0 Å².